The van der Waals surface area contributed by atoms with Gasteiger partial charge < -0.3 is 10.2 Å². The SMILES string of the molecule is CN1CCCCC[C@H]1C(=O)NCc1ccccc1CN1CCCC1=O. The number of nitrogens with zero attached hydrogens (tertiary/aromatic N) is 2. The molecule has 0 aromatic heterocycles. The molecule has 1 atom stereocenters. The Labute approximate surface area is 150 Å². The van der Waals surface area contributed by atoms with Crippen molar-refractivity contribution in [2.45, 2.75) is 57.7 Å². The maximum atomic E-state index is 12.6. The Hall–Kier alpha value is -1.88. The molecule has 0 saturated carbocycles. The number of carbonyl (C=O) groups excluding carboxylic acids is 2. The normalized spacial score (nSPS) is 22.0. The van der Waals surface area contributed by atoms with Gasteiger partial charge in [0.1, 0.15) is 0 Å². The van der Waals surface area contributed by atoms with Gasteiger partial charge in [0.2, 0.25) is 11.8 Å². The minimum absolute atomic E-state index is 0.0187. The third kappa shape index (κ3) is 4.60. The second-order valence-corrected chi connectivity index (χ2v) is 7.25. The molecule has 3 rings (SSSR count). The van der Waals surface area contributed by atoms with E-state index in [0.29, 0.717) is 19.5 Å². The van der Waals surface area contributed by atoms with Crippen LogP contribution in [0.2, 0.25) is 0 Å². The lowest BCUT2D eigenvalue weighted by atomic mass is 10.1. The van der Waals surface area contributed by atoms with Crippen molar-refractivity contribution in [1.29, 1.82) is 0 Å². The standard InChI is InChI=1S/C20H29N3O2/c1-22-12-6-2-3-10-18(22)20(25)21-14-16-8-4-5-9-17(16)15-23-13-7-11-19(23)24/h4-5,8-9,18H,2-3,6-7,10-15H2,1H3,(H,21,25)/t18-/m0/s1. The molecule has 0 spiro atoms. The number of nitrogens with one attached hydrogen (secondary N) is 1. The third-order valence-corrected chi connectivity index (χ3v) is 5.43. The van der Waals surface area contributed by atoms with Crippen molar-refractivity contribution in [2.24, 2.45) is 0 Å². The second kappa shape index (κ2) is 8.48. The summed E-state index contributed by atoms with van der Waals surface area (Å²) >= 11 is 0. The molecule has 2 aliphatic rings. The molecule has 25 heavy (non-hydrogen) atoms. The molecule has 2 amide bonds. The Morgan fingerprint density at radius 2 is 1.92 bits per heavy atom. The van der Waals surface area contributed by atoms with E-state index in [1.165, 1.54) is 12.8 Å². The highest BCUT2D eigenvalue weighted by atomic mass is 16.2. The Morgan fingerprint density at radius 3 is 2.68 bits per heavy atom. The van der Waals surface area contributed by atoms with Crippen molar-refractivity contribution in [3.05, 3.63) is 35.4 Å². The molecule has 5 nitrogen and oxygen atoms in total. The summed E-state index contributed by atoms with van der Waals surface area (Å²) in [6.07, 6.45) is 6.05. The van der Waals surface area contributed by atoms with Crippen molar-refractivity contribution in [3.63, 3.8) is 0 Å². The first kappa shape index (κ1) is 17.9. The molecule has 1 N–H and O–H groups in total. The zero-order valence-corrected chi connectivity index (χ0v) is 15.2. The number of likely N-dealkylation sites (N-methyl/N-ethyl adjacent to an activating group) is 1. The van der Waals surface area contributed by atoms with Gasteiger partial charge in [-0.25, -0.2) is 0 Å². The summed E-state index contributed by atoms with van der Waals surface area (Å²) in [5.74, 6) is 0.357. The fourth-order valence-electron chi connectivity index (χ4n) is 3.84. The zero-order chi connectivity index (χ0) is 17.6. The zero-order valence-electron chi connectivity index (χ0n) is 15.2. The largest absolute Gasteiger partial charge is 0.351 e. The highest BCUT2D eigenvalue weighted by molar-refractivity contribution is 5.81. The van der Waals surface area contributed by atoms with Crippen molar-refractivity contribution < 1.29 is 9.59 Å². The summed E-state index contributed by atoms with van der Waals surface area (Å²) in [7, 11) is 2.04. The van der Waals surface area contributed by atoms with Gasteiger partial charge >= 0.3 is 0 Å². The fourth-order valence-corrected chi connectivity index (χ4v) is 3.84. The Kier molecular flexibility index (Phi) is 6.08. The van der Waals surface area contributed by atoms with E-state index in [1.807, 2.05) is 30.1 Å². The minimum Gasteiger partial charge on any atom is -0.351 e. The monoisotopic (exact) mass is 343 g/mol. The molecule has 0 bridgehead atoms. The molecule has 1 aromatic carbocycles. The van der Waals surface area contributed by atoms with Crippen LogP contribution in [0.15, 0.2) is 24.3 Å². The molecule has 5 heteroatoms. The van der Waals surface area contributed by atoms with Gasteiger partial charge in [0.15, 0.2) is 0 Å². The molecule has 2 saturated heterocycles. The Bertz CT molecular complexity index is 617. The number of rotatable bonds is 5. The second-order valence-electron chi connectivity index (χ2n) is 7.25. The first-order chi connectivity index (χ1) is 12.1. The predicted octanol–water partition coefficient (Wildman–Crippen LogP) is 2.30. The first-order valence-electron chi connectivity index (χ1n) is 9.47. The third-order valence-electron chi connectivity index (χ3n) is 5.43. The molecule has 0 radical (unpaired) electrons. The predicted molar refractivity (Wildman–Crippen MR) is 97.8 cm³/mol. The molecule has 1 aromatic rings. The average Bonchev–Trinajstić information content (AvgIpc) is 2.88. The fraction of sp³-hybridized carbons (Fsp3) is 0.600. The van der Waals surface area contributed by atoms with Crippen molar-refractivity contribution >= 4 is 11.8 Å². The van der Waals surface area contributed by atoms with E-state index in [4.69, 9.17) is 0 Å². The minimum atomic E-state index is -0.0187. The van der Waals surface area contributed by atoms with Crippen LogP contribution < -0.4 is 5.32 Å². The highest BCUT2D eigenvalue weighted by Crippen LogP contribution is 2.18. The topological polar surface area (TPSA) is 52.7 Å². The number of likely N-dealkylation sites (tertiary alicyclic amines) is 2. The van der Waals surface area contributed by atoms with Crippen LogP contribution in [0, 0.1) is 0 Å². The van der Waals surface area contributed by atoms with Crippen LogP contribution in [0.5, 0.6) is 0 Å². The molecule has 136 valence electrons. The van der Waals surface area contributed by atoms with Gasteiger partial charge in [0, 0.05) is 26.1 Å². The molecule has 0 unspecified atom stereocenters. The van der Waals surface area contributed by atoms with Gasteiger partial charge in [0.05, 0.1) is 6.04 Å². The first-order valence-corrected chi connectivity index (χ1v) is 9.47. The van der Waals surface area contributed by atoms with E-state index in [1.54, 1.807) is 0 Å². The van der Waals surface area contributed by atoms with Crippen LogP contribution in [-0.4, -0.2) is 47.8 Å². The average molecular weight is 343 g/mol. The quantitative estimate of drug-likeness (QED) is 0.892. The maximum absolute atomic E-state index is 12.6. The summed E-state index contributed by atoms with van der Waals surface area (Å²) in [6, 6.07) is 8.09. The lowest BCUT2D eigenvalue weighted by molar-refractivity contribution is -0.128. The summed E-state index contributed by atoms with van der Waals surface area (Å²) < 4.78 is 0. The van der Waals surface area contributed by atoms with Gasteiger partial charge in [-0.3, -0.25) is 14.5 Å². The summed E-state index contributed by atoms with van der Waals surface area (Å²) in [6.45, 7) is 3.01. The van der Waals surface area contributed by atoms with Crippen molar-refractivity contribution in [3.8, 4) is 0 Å². The molecule has 2 aliphatic heterocycles. The van der Waals surface area contributed by atoms with E-state index in [-0.39, 0.29) is 17.9 Å². The smallest absolute Gasteiger partial charge is 0.237 e. The maximum Gasteiger partial charge on any atom is 0.237 e. The number of hydrogen-bond donors (Lipinski definition) is 1. The van der Waals surface area contributed by atoms with Crippen LogP contribution in [0.3, 0.4) is 0 Å². The Morgan fingerprint density at radius 1 is 1.12 bits per heavy atom. The molecule has 2 heterocycles. The van der Waals surface area contributed by atoms with Crippen LogP contribution in [0.1, 0.15) is 49.7 Å². The van der Waals surface area contributed by atoms with Crippen LogP contribution in [-0.2, 0) is 22.7 Å². The van der Waals surface area contributed by atoms with Gasteiger partial charge in [-0.15, -0.1) is 0 Å². The molecule has 2 fully saturated rings. The van der Waals surface area contributed by atoms with Crippen molar-refractivity contribution in [2.75, 3.05) is 20.1 Å². The molecular formula is C20H29N3O2. The molecular weight excluding hydrogens is 314 g/mol. The summed E-state index contributed by atoms with van der Waals surface area (Å²) in [5, 5.41) is 3.12. The van der Waals surface area contributed by atoms with Gasteiger partial charge in [-0.1, -0.05) is 37.1 Å². The van der Waals surface area contributed by atoms with E-state index in [0.717, 1.165) is 43.5 Å². The van der Waals surface area contributed by atoms with Crippen molar-refractivity contribution in [1.82, 2.24) is 15.1 Å². The summed E-state index contributed by atoms with van der Waals surface area (Å²) in [5.41, 5.74) is 2.24. The van der Waals surface area contributed by atoms with Crippen LogP contribution >= 0.6 is 0 Å². The van der Waals surface area contributed by atoms with E-state index >= 15 is 0 Å². The van der Waals surface area contributed by atoms with E-state index in [9.17, 15) is 9.59 Å². The lowest BCUT2D eigenvalue weighted by Crippen LogP contribution is -2.44. The highest BCUT2D eigenvalue weighted by Gasteiger charge is 2.25. The number of hydrogen-bond acceptors (Lipinski definition) is 3. The van der Waals surface area contributed by atoms with Gasteiger partial charge in [0.25, 0.3) is 0 Å². The number of benzene rings is 1. The molecule has 0 aliphatic carbocycles. The van der Waals surface area contributed by atoms with Gasteiger partial charge in [-0.05, 0) is 44.0 Å². The van der Waals surface area contributed by atoms with Crippen LogP contribution in [0.4, 0.5) is 0 Å². The summed E-state index contributed by atoms with van der Waals surface area (Å²) in [4.78, 5) is 28.6. The lowest BCUT2D eigenvalue weighted by Gasteiger charge is -2.25. The number of carbonyl (C=O) groups is 2. The van der Waals surface area contributed by atoms with E-state index < -0.39 is 0 Å². The Balaban J connectivity index is 1.60. The van der Waals surface area contributed by atoms with Gasteiger partial charge in [-0.2, -0.15) is 0 Å². The van der Waals surface area contributed by atoms with E-state index in [2.05, 4.69) is 16.3 Å². The number of amides is 2. The van der Waals surface area contributed by atoms with Crippen LogP contribution in [0.25, 0.3) is 0 Å².